The molecule has 0 radical (unpaired) electrons. The molecule has 0 fully saturated rings. The third-order valence-corrected chi connectivity index (χ3v) is 2.37. The van der Waals surface area contributed by atoms with Crippen LogP contribution in [0.15, 0.2) is 12.3 Å². The highest BCUT2D eigenvalue weighted by Gasteiger charge is 2.33. The number of nitrogen functional groups attached to an aromatic ring is 1. The van der Waals surface area contributed by atoms with E-state index < -0.39 is 23.9 Å². The lowest BCUT2D eigenvalue weighted by molar-refractivity contribution is -0.162. The predicted molar refractivity (Wildman–Crippen MR) is 68.9 cm³/mol. The van der Waals surface area contributed by atoms with Crippen molar-refractivity contribution in [1.29, 1.82) is 0 Å². The van der Waals surface area contributed by atoms with Gasteiger partial charge < -0.3 is 20.5 Å². The molecule has 0 bridgehead atoms. The van der Waals surface area contributed by atoms with E-state index in [2.05, 4.69) is 4.98 Å². The number of alkyl halides is 3. The molecule has 3 N–H and O–H groups in total. The largest absolute Gasteiger partial charge is 0.433 e. The molecule has 0 saturated carbocycles. The van der Waals surface area contributed by atoms with Gasteiger partial charge in [-0.3, -0.25) is 0 Å². The topological polar surface area (TPSA) is 71.6 Å². The molecular formula is C12H18F3N3O2. The maximum Gasteiger partial charge on any atom is 0.433 e. The van der Waals surface area contributed by atoms with Crippen LogP contribution in [-0.4, -0.2) is 29.2 Å². The number of hydrogen-bond acceptors (Lipinski definition) is 5. The summed E-state index contributed by atoms with van der Waals surface area (Å²) in [5.41, 5.74) is 3.87. The van der Waals surface area contributed by atoms with Crippen LogP contribution in [0, 0.1) is 0 Å². The minimum absolute atomic E-state index is 0.147. The summed E-state index contributed by atoms with van der Waals surface area (Å²) in [5, 5.41) is 9.86. The Morgan fingerprint density at radius 3 is 2.30 bits per heavy atom. The number of rotatable bonds is 3. The number of nitrogens with zero attached hydrogens (tertiary/aromatic N) is 2. The van der Waals surface area contributed by atoms with E-state index in [1.54, 1.807) is 20.8 Å². The van der Waals surface area contributed by atoms with Gasteiger partial charge in [-0.15, -0.1) is 0 Å². The summed E-state index contributed by atoms with van der Waals surface area (Å²) in [4.78, 5) is 4.50. The number of nitrogens with two attached hydrogens (primary N) is 1. The summed E-state index contributed by atoms with van der Waals surface area (Å²) in [7, 11) is 1.44. The van der Waals surface area contributed by atoms with Crippen LogP contribution < -0.4 is 10.6 Å². The molecule has 8 heteroatoms. The van der Waals surface area contributed by atoms with Gasteiger partial charge in [0.05, 0.1) is 23.2 Å². The van der Waals surface area contributed by atoms with Crippen molar-refractivity contribution in [3.8, 4) is 0 Å². The Balaban J connectivity index is 2.97. The molecule has 0 spiro atoms. The SMILES string of the molecule is CN(c1cnc(C(F)(F)F)cc1N)C(O)OC(C)(C)C. The van der Waals surface area contributed by atoms with E-state index in [1.165, 1.54) is 11.9 Å². The molecule has 1 rings (SSSR count). The van der Waals surface area contributed by atoms with Gasteiger partial charge in [0.1, 0.15) is 5.69 Å². The molecule has 0 saturated heterocycles. The van der Waals surface area contributed by atoms with Crippen LogP contribution in [0.25, 0.3) is 0 Å². The fourth-order valence-electron chi connectivity index (χ4n) is 1.43. The molecule has 0 aliphatic rings. The molecule has 5 nitrogen and oxygen atoms in total. The van der Waals surface area contributed by atoms with Crippen LogP contribution in [0.2, 0.25) is 0 Å². The highest BCUT2D eigenvalue weighted by atomic mass is 19.4. The normalized spacial score (nSPS) is 14.2. The molecule has 1 unspecified atom stereocenters. The van der Waals surface area contributed by atoms with Crippen molar-refractivity contribution < 1.29 is 23.0 Å². The van der Waals surface area contributed by atoms with Crippen molar-refractivity contribution in [2.24, 2.45) is 0 Å². The molecule has 0 aliphatic carbocycles. The zero-order chi connectivity index (χ0) is 15.7. The van der Waals surface area contributed by atoms with Gasteiger partial charge in [0, 0.05) is 7.05 Å². The molecule has 20 heavy (non-hydrogen) atoms. The van der Waals surface area contributed by atoms with Crippen molar-refractivity contribution in [3.63, 3.8) is 0 Å². The van der Waals surface area contributed by atoms with Crippen molar-refractivity contribution >= 4 is 11.4 Å². The summed E-state index contributed by atoms with van der Waals surface area (Å²) in [6.07, 6.45) is -4.96. The van der Waals surface area contributed by atoms with Crippen molar-refractivity contribution in [3.05, 3.63) is 18.0 Å². The Labute approximate surface area is 115 Å². The van der Waals surface area contributed by atoms with E-state index in [0.29, 0.717) is 0 Å². The Bertz CT molecular complexity index is 472. The number of aromatic nitrogens is 1. The van der Waals surface area contributed by atoms with Crippen molar-refractivity contribution in [1.82, 2.24) is 4.98 Å². The second-order valence-corrected chi connectivity index (χ2v) is 5.29. The number of ether oxygens (including phenoxy) is 1. The quantitative estimate of drug-likeness (QED) is 0.836. The molecule has 0 aliphatic heterocycles. The first-order valence-electron chi connectivity index (χ1n) is 5.83. The van der Waals surface area contributed by atoms with E-state index >= 15 is 0 Å². The minimum Gasteiger partial charge on any atom is -0.397 e. The first-order chi connectivity index (χ1) is 8.92. The molecule has 1 atom stereocenters. The van der Waals surface area contributed by atoms with Gasteiger partial charge in [-0.05, 0) is 26.8 Å². The maximum absolute atomic E-state index is 12.5. The second kappa shape index (κ2) is 5.45. The van der Waals surface area contributed by atoms with E-state index in [1.807, 2.05) is 0 Å². The number of aliphatic hydroxyl groups is 1. The minimum atomic E-state index is -4.56. The zero-order valence-corrected chi connectivity index (χ0v) is 11.7. The van der Waals surface area contributed by atoms with E-state index in [9.17, 15) is 18.3 Å². The van der Waals surface area contributed by atoms with Crippen LogP contribution in [-0.2, 0) is 10.9 Å². The standard InChI is InChI=1S/C12H18F3N3O2/c1-11(2,3)20-10(19)18(4)8-6-17-9(5-7(8)16)12(13,14)15/h5-6,10,19H,1-4H3,(H2,16,17). The van der Waals surface area contributed by atoms with Crippen molar-refractivity contribution in [2.45, 2.75) is 39.0 Å². The lowest BCUT2D eigenvalue weighted by atomic mass is 10.2. The number of anilines is 2. The molecule has 1 heterocycles. The third-order valence-electron chi connectivity index (χ3n) is 2.37. The van der Waals surface area contributed by atoms with Crippen LogP contribution >= 0.6 is 0 Å². The summed E-state index contributed by atoms with van der Waals surface area (Å²) in [5.74, 6) is 0. The third kappa shape index (κ3) is 4.24. The lowest BCUT2D eigenvalue weighted by Crippen LogP contribution is -2.40. The summed E-state index contributed by atoms with van der Waals surface area (Å²) < 4.78 is 42.7. The van der Waals surface area contributed by atoms with Gasteiger partial charge in [0.15, 0.2) is 0 Å². The molecule has 0 aromatic carbocycles. The predicted octanol–water partition coefficient (Wildman–Crippen LogP) is 2.21. The fourth-order valence-corrected chi connectivity index (χ4v) is 1.43. The van der Waals surface area contributed by atoms with Gasteiger partial charge in [0.2, 0.25) is 6.41 Å². The highest BCUT2D eigenvalue weighted by Crippen LogP contribution is 2.32. The maximum atomic E-state index is 12.5. The van der Waals surface area contributed by atoms with Gasteiger partial charge in [-0.25, -0.2) is 4.98 Å². The first kappa shape index (κ1) is 16.5. The van der Waals surface area contributed by atoms with Crippen LogP contribution in [0.5, 0.6) is 0 Å². The van der Waals surface area contributed by atoms with E-state index in [4.69, 9.17) is 10.5 Å². The van der Waals surface area contributed by atoms with Crippen LogP contribution in [0.4, 0.5) is 24.5 Å². The van der Waals surface area contributed by atoms with Gasteiger partial charge >= 0.3 is 6.18 Å². The molecule has 1 aromatic heterocycles. The molecule has 1 aromatic rings. The first-order valence-corrected chi connectivity index (χ1v) is 5.83. The zero-order valence-electron chi connectivity index (χ0n) is 11.7. The Hall–Kier alpha value is -1.54. The van der Waals surface area contributed by atoms with E-state index in [-0.39, 0.29) is 11.4 Å². The Kier molecular flexibility index (Phi) is 4.50. The number of halogens is 3. The van der Waals surface area contributed by atoms with Crippen molar-refractivity contribution in [2.75, 3.05) is 17.7 Å². The fraction of sp³-hybridized carbons (Fsp3) is 0.583. The summed E-state index contributed by atoms with van der Waals surface area (Å²) in [6.45, 7) is 5.20. The molecular weight excluding hydrogens is 275 g/mol. The smallest absolute Gasteiger partial charge is 0.397 e. The lowest BCUT2D eigenvalue weighted by Gasteiger charge is -2.31. The van der Waals surface area contributed by atoms with Gasteiger partial charge in [0.25, 0.3) is 0 Å². The van der Waals surface area contributed by atoms with Crippen LogP contribution in [0.1, 0.15) is 26.5 Å². The monoisotopic (exact) mass is 293 g/mol. The molecule has 0 amide bonds. The Morgan fingerprint density at radius 2 is 1.90 bits per heavy atom. The van der Waals surface area contributed by atoms with Crippen LogP contribution in [0.3, 0.4) is 0 Å². The second-order valence-electron chi connectivity index (χ2n) is 5.29. The average Bonchev–Trinajstić information content (AvgIpc) is 2.24. The summed E-state index contributed by atoms with van der Waals surface area (Å²) in [6, 6.07) is 0.718. The number of hydrogen-bond donors (Lipinski definition) is 2. The summed E-state index contributed by atoms with van der Waals surface area (Å²) >= 11 is 0. The van der Waals surface area contributed by atoms with Gasteiger partial charge in [-0.1, -0.05) is 0 Å². The van der Waals surface area contributed by atoms with Gasteiger partial charge in [-0.2, -0.15) is 13.2 Å². The number of aliphatic hydroxyl groups excluding tert-OH is 1. The average molecular weight is 293 g/mol. The van der Waals surface area contributed by atoms with E-state index in [0.717, 1.165) is 12.3 Å². The highest BCUT2D eigenvalue weighted by molar-refractivity contribution is 5.66. The molecule has 114 valence electrons. The Morgan fingerprint density at radius 1 is 1.35 bits per heavy atom. The number of pyridine rings is 1.